The maximum atomic E-state index is 13.8. The molecule has 79 heavy (non-hydrogen) atoms. The summed E-state index contributed by atoms with van der Waals surface area (Å²) in [7, 11) is 0. The summed E-state index contributed by atoms with van der Waals surface area (Å²) in [5.41, 5.74) is 4.74. The fourth-order valence-electron chi connectivity index (χ4n) is 12.1. The first-order chi connectivity index (χ1) is 38.4. The zero-order valence-corrected chi connectivity index (χ0v) is 48.1. The van der Waals surface area contributed by atoms with Gasteiger partial charge in [0.05, 0.1) is 11.8 Å². The van der Waals surface area contributed by atoms with Crippen molar-refractivity contribution in [2.24, 2.45) is 11.8 Å². The van der Waals surface area contributed by atoms with Gasteiger partial charge in [0, 0.05) is 44.8 Å². The van der Waals surface area contributed by atoms with Crippen molar-refractivity contribution >= 4 is 29.7 Å². The minimum Gasteiger partial charge on any atom is -0.444 e. The Morgan fingerprint density at radius 2 is 0.899 bits per heavy atom. The molecule has 0 bridgehead atoms. The molecule has 4 heterocycles. The van der Waals surface area contributed by atoms with E-state index in [1.807, 2.05) is 42.7 Å². The van der Waals surface area contributed by atoms with Crippen molar-refractivity contribution in [3.63, 3.8) is 0 Å². The van der Waals surface area contributed by atoms with E-state index in [-0.39, 0.29) is 59.7 Å². The molecule has 4 saturated heterocycles. The van der Waals surface area contributed by atoms with Gasteiger partial charge in [-0.15, -0.1) is 0 Å². The molecular formula is C67H94N6O6. The molecule has 4 aromatic rings. The lowest BCUT2D eigenvalue weighted by molar-refractivity contribution is -0.147. The summed E-state index contributed by atoms with van der Waals surface area (Å²) in [4.78, 5) is 72.6. The largest absolute Gasteiger partial charge is 0.444 e. The van der Waals surface area contributed by atoms with E-state index in [1.165, 1.54) is 22.3 Å². The fraction of sp³-hybridized carbons (Fsp3) is 0.567. The topological polar surface area (TPSA) is 140 Å². The van der Waals surface area contributed by atoms with Gasteiger partial charge in [0.2, 0.25) is 23.6 Å². The highest BCUT2D eigenvalue weighted by Gasteiger charge is 2.40. The summed E-state index contributed by atoms with van der Waals surface area (Å²) in [6.45, 7) is 9.52. The minimum atomic E-state index is -0.581. The number of carbonyl (C=O) groups excluding carboxylic acids is 5. The van der Waals surface area contributed by atoms with Crippen LogP contribution in [0.1, 0.15) is 159 Å². The van der Waals surface area contributed by atoms with Gasteiger partial charge in [-0.3, -0.25) is 19.2 Å². The Morgan fingerprint density at radius 1 is 0.506 bits per heavy atom. The SMILES string of the molecule is CC(C)(C)OC(=O)N1CCCC(C(=O)N2CCCCC2C(=O)NC(CCCc2ccccc2)CCCc2ccccc2)C1.O=C(NC(CCCc1ccccc1)CCCc1ccccc1)C1CCCCN1C(=O)C1CCCNC1. The first-order valence-electron chi connectivity index (χ1n) is 30.5. The van der Waals surface area contributed by atoms with E-state index in [0.717, 1.165) is 148 Å². The summed E-state index contributed by atoms with van der Waals surface area (Å²) in [6, 6.07) is 41.6. The Labute approximate surface area is 473 Å². The number of nitrogens with one attached hydrogen (secondary N) is 3. The van der Waals surface area contributed by atoms with E-state index < -0.39 is 11.6 Å². The summed E-state index contributed by atoms with van der Waals surface area (Å²) in [5.74, 6) is -0.0972. The number of hydrogen-bond donors (Lipinski definition) is 3. The van der Waals surface area contributed by atoms with Gasteiger partial charge in [-0.2, -0.15) is 0 Å². The molecule has 4 aliphatic heterocycles. The van der Waals surface area contributed by atoms with Crippen LogP contribution in [-0.4, -0.2) is 113 Å². The molecule has 0 saturated carbocycles. The molecule has 4 aromatic carbocycles. The average molecular weight is 1080 g/mol. The molecule has 12 heteroatoms. The lowest BCUT2D eigenvalue weighted by atomic mass is 9.93. The standard InChI is InChI=1S/C36H51N3O4.C31H43N3O2/c1-36(2,3)43-35(42)38-25-14-21-30(27-38)34(41)39-26-11-10-24-32(39)33(40)37-31(22-12-19-28-15-6-4-7-16-28)23-13-20-29-17-8-5-9-18-29;35-30(29-21-7-8-23-34(29)31(36)27-18-11-22-32-24-27)33-28(19-9-16-25-12-3-1-4-13-25)20-10-17-26-14-5-2-6-15-26/h4-9,15-18,30-32H,10-14,19-27H2,1-3H3,(H,37,40);1-6,12-15,27-29,32H,7-11,16-24H2,(H,33,35). The maximum absolute atomic E-state index is 13.8. The highest BCUT2D eigenvalue weighted by atomic mass is 16.6. The first-order valence-corrected chi connectivity index (χ1v) is 30.5. The van der Waals surface area contributed by atoms with Crippen molar-refractivity contribution in [3.05, 3.63) is 144 Å². The highest BCUT2D eigenvalue weighted by molar-refractivity contribution is 5.90. The van der Waals surface area contributed by atoms with Crippen LogP contribution in [0.5, 0.6) is 0 Å². The van der Waals surface area contributed by atoms with Crippen LogP contribution in [0.3, 0.4) is 0 Å². The third-order valence-electron chi connectivity index (χ3n) is 16.4. The second kappa shape index (κ2) is 32.3. The van der Waals surface area contributed by atoms with Crippen LogP contribution in [0.4, 0.5) is 4.79 Å². The number of likely N-dealkylation sites (tertiary alicyclic amines) is 3. The van der Waals surface area contributed by atoms with Crippen LogP contribution < -0.4 is 16.0 Å². The Balaban J connectivity index is 0.000000232. The first kappa shape index (κ1) is 60.6. The molecule has 4 fully saturated rings. The van der Waals surface area contributed by atoms with E-state index in [9.17, 15) is 24.0 Å². The van der Waals surface area contributed by atoms with Crippen LogP contribution >= 0.6 is 0 Å². The molecular weight excluding hydrogens is 985 g/mol. The van der Waals surface area contributed by atoms with Gasteiger partial charge in [0.15, 0.2) is 0 Å². The molecule has 4 unspecified atom stereocenters. The Hall–Kier alpha value is -6.01. The number of ether oxygens (including phenoxy) is 1. The van der Waals surface area contributed by atoms with Gasteiger partial charge in [-0.25, -0.2) is 4.79 Å². The number of hydrogen-bond acceptors (Lipinski definition) is 7. The lowest BCUT2D eigenvalue weighted by Crippen LogP contribution is -2.56. The zero-order chi connectivity index (χ0) is 55.7. The van der Waals surface area contributed by atoms with Crippen molar-refractivity contribution in [3.8, 4) is 0 Å². The Bertz CT molecular complexity index is 2340. The Kier molecular flexibility index (Phi) is 24.8. The molecule has 0 radical (unpaired) electrons. The predicted octanol–water partition coefficient (Wildman–Crippen LogP) is 11.4. The van der Waals surface area contributed by atoms with Crippen molar-refractivity contribution in [1.29, 1.82) is 0 Å². The van der Waals surface area contributed by atoms with Gasteiger partial charge >= 0.3 is 6.09 Å². The normalized spacial score (nSPS) is 19.7. The predicted molar refractivity (Wildman–Crippen MR) is 316 cm³/mol. The van der Waals surface area contributed by atoms with E-state index in [0.29, 0.717) is 32.6 Å². The van der Waals surface area contributed by atoms with Crippen LogP contribution in [0.25, 0.3) is 0 Å². The number of rotatable bonds is 22. The van der Waals surface area contributed by atoms with Crippen LogP contribution in [0, 0.1) is 11.8 Å². The highest BCUT2D eigenvalue weighted by Crippen LogP contribution is 2.27. The molecule has 5 amide bonds. The number of nitrogens with zero attached hydrogens (tertiary/aromatic N) is 3. The molecule has 12 nitrogen and oxygen atoms in total. The third-order valence-corrected chi connectivity index (χ3v) is 16.4. The molecule has 4 atom stereocenters. The van der Waals surface area contributed by atoms with Crippen molar-refractivity contribution in [2.45, 2.75) is 192 Å². The monoisotopic (exact) mass is 1080 g/mol. The van der Waals surface area contributed by atoms with Gasteiger partial charge in [-0.05, 0) is 191 Å². The lowest BCUT2D eigenvalue weighted by Gasteiger charge is -2.40. The second-order valence-corrected chi connectivity index (χ2v) is 23.8. The molecule has 4 aliphatic rings. The third kappa shape index (κ3) is 20.6. The van der Waals surface area contributed by atoms with Crippen LogP contribution in [-0.2, 0) is 49.6 Å². The second-order valence-electron chi connectivity index (χ2n) is 23.8. The van der Waals surface area contributed by atoms with E-state index in [2.05, 4.69) is 125 Å². The number of amides is 5. The molecule has 428 valence electrons. The molecule has 0 spiro atoms. The fourth-order valence-corrected chi connectivity index (χ4v) is 12.1. The van der Waals surface area contributed by atoms with Crippen molar-refractivity contribution in [1.82, 2.24) is 30.7 Å². The number of carbonyl (C=O) groups is 5. The summed E-state index contributed by atoms with van der Waals surface area (Å²) in [6.07, 6.45) is 20.2. The van der Waals surface area contributed by atoms with Gasteiger partial charge < -0.3 is 35.4 Å². The van der Waals surface area contributed by atoms with Gasteiger partial charge in [-0.1, -0.05) is 121 Å². The molecule has 8 rings (SSSR count). The van der Waals surface area contributed by atoms with E-state index in [4.69, 9.17) is 4.74 Å². The minimum absolute atomic E-state index is 0.00202. The smallest absolute Gasteiger partial charge is 0.410 e. The van der Waals surface area contributed by atoms with E-state index in [1.54, 1.807) is 4.90 Å². The van der Waals surface area contributed by atoms with E-state index >= 15 is 0 Å². The Morgan fingerprint density at radius 3 is 1.28 bits per heavy atom. The van der Waals surface area contributed by atoms with Crippen LogP contribution in [0.15, 0.2) is 121 Å². The summed E-state index contributed by atoms with van der Waals surface area (Å²) >= 11 is 0. The number of aryl methyl sites for hydroxylation is 4. The van der Waals surface area contributed by atoms with Gasteiger partial charge in [0.1, 0.15) is 17.7 Å². The molecule has 0 aliphatic carbocycles. The van der Waals surface area contributed by atoms with Crippen LogP contribution in [0.2, 0.25) is 0 Å². The maximum Gasteiger partial charge on any atom is 0.410 e. The number of piperidine rings is 4. The van der Waals surface area contributed by atoms with Gasteiger partial charge in [0.25, 0.3) is 0 Å². The van der Waals surface area contributed by atoms with Crippen molar-refractivity contribution < 1.29 is 28.7 Å². The van der Waals surface area contributed by atoms with Crippen molar-refractivity contribution in [2.75, 3.05) is 39.3 Å². The average Bonchev–Trinajstić information content (AvgIpc) is 3.51. The quantitative estimate of drug-likeness (QED) is 0.0712. The summed E-state index contributed by atoms with van der Waals surface area (Å²) in [5, 5.41) is 10.1. The zero-order valence-electron chi connectivity index (χ0n) is 48.1. The molecule has 0 aromatic heterocycles. The summed E-state index contributed by atoms with van der Waals surface area (Å²) < 4.78 is 5.57. The number of benzene rings is 4. The molecule has 3 N–H and O–H groups in total.